The van der Waals surface area contributed by atoms with Gasteiger partial charge in [-0.25, -0.2) is 9.78 Å². The van der Waals surface area contributed by atoms with Gasteiger partial charge in [-0.1, -0.05) is 15.8 Å². The summed E-state index contributed by atoms with van der Waals surface area (Å²) in [5.74, 6) is -0.740. The van der Waals surface area contributed by atoms with Crippen LogP contribution >= 0.6 is 22.9 Å². The van der Waals surface area contributed by atoms with Crippen molar-refractivity contribution >= 4 is 50.1 Å². The largest absolute Gasteiger partial charge is 0.462 e. The molecule has 0 unspecified atom stereocenters. The Balaban J connectivity index is 1.83. The SMILES string of the molecule is CCOC(=O)c1ccc2nc(NC(=O)c3csnn3)sc2c1. The molecule has 0 radical (unpaired) electrons. The maximum atomic E-state index is 11.9. The summed E-state index contributed by atoms with van der Waals surface area (Å²) in [4.78, 5) is 27.9. The molecule has 3 aromatic rings. The number of esters is 1. The molecule has 3 rings (SSSR count). The molecule has 1 aromatic carbocycles. The third-order valence-electron chi connectivity index (χ3n) is 2.71. The Kier molecular flexibility index (Phi) is 4.07. The Morgan fingerprint density at radius 1 is 1.36 bits per heavy atom. The van der Waals surface area contributed by atoms with Gasteiger partial charge in [-0.3, -0.25) is 10.1 Å². The minimum absolute atomic E-state index is 0.247. The molecule has 22 heavy (non-hydrogen) atoms. The number of carbonyl (C=O) groups is 2. The van der Waals surface area contributed by atoms with Crippen molar-refractivity contribution in [3.05, 3.63) is 34.8 Å². The topological polar surface area (TPSA) is 94.1 Å². The highest BCUT2D eigenvalue weighted by molar-refractivity contribution is 7.22. The van der Waals surface area contributed by atoms with Crippen molar-refractivity contribution in [3.8, 4) is 0 Å². The lowest BCUT2D eigenvalue weighted by Gasteiger charge is -2.00. The molecule has 0 spiro atoms. The van der Waals surface area contributed by atoms with Crippen LogP contribution in [0.2, 0.25) is 0 Å². The van der Waals surface area contributed by atoms with E-state index in [1.807, 2.05) is 0 Å². The molecule has 7 nitrogen and oxygen atoms in total. The molecule has 9 heteroatoms. The maximum absolute atomic E-state index is 11.9. The maximum Gasteiger partial charge on any atom is 0.338 e. The molecule has 112 valence electrons. The number of benzene rings is 1. The number of carbonyl (C=O) groups excluding carboxylic acids is 2. The highest BCUT2D eigenvalue weighted by Crippen LogP contribution is 2.27. The van der Waals surface area contributed by atoms with Crippen LogP contribution in [0.3, 0.4) is 0 Å². The molecule has 0 fully saturated rings. The Labute approximate surface area is 133 Å². The number of nitrogens with zero attached hydrogens (tertiary/aromatic N) is 3. The molecule has 0 atom stereocenters. The Hall–Kier alpha value is -2.39. The lowest BCUT2D eigenvalue weighted by Crippen LogP contribution is -2.11. The zero-order valence-corrected chi connectivity index (χ0v) is 13.0. The number of aromatic nitrogens is 3. The number of hydrogen-bond donors (Lipinski definition) is 1. The number of thiazole rings is 1. The van der Waals surface area contributed by atoms with Crippen LogP contribution in [0.5, 0.6) is 0 Å². The van der Waals surface area contributed by atoms with Gasteiger partial charge < -0.3 is 4.74 Å². The van der Waals surface area contributed by atoms with Crippen LogP contribution < -0.4 is 5.32 Å². The predicted octanol–water partition coefficient (Wildman–Crippen LogP) is 2.58. The van der Waals surface area contributed by atoms with Crippen LogP contribution in [0.15, 0.2) is 23.6 Å². The van der Waals surface area contributed by atoms with Gasteiger partial charge in [0.1, 0.15) is 0 Å². The van der Waals surface area contributed by atoms with E-state index in [4.69, 9.17) is 4.74 Å². The van der Waals surface area contributed by atoms with Gasteiger partial charge in [-0.2, -0.15) is 0 Å². The Morgan fingerprint density at radius 2 is 2.23 bits per heavy atom. The fraction of sp³-hybridized carbons (Fsp3) is 0.154. The number of amides is 1. The van der Waals surface area contributed by atoms with Gasteiger partial charge in [0.25, 0.3) is 5.91 Å². The number of ether oxygens (including phenoxy) is 1. The zero-order chi connectivity index (χ0) is 15.5. The highest BCUT2D eigenvalue weighted by atomic mass is 32.1. The van der Waals surface area contributed by atoms with E-state index in [2.05, 4.69) is 19.9 Å². The first-order chi connectivity index (χ1) is 10.7. The second-order valence-electron chi connectivity index (χ2n) is 4.17. The first-order valence-corrected chi connectivity index (χ1v) is 7.99. The standard InChI is InChI=1S/C13H10N4O3S2/c1-2-20-12(19)7-3-4-8-10(5-7)22-13(14-8)15-11(18)9-6-21-17-16-9/h3-6H,2H2,1H3,(H,14,15,18). The van der Waals surface area contributed by atoms with Crippen molar-refractivity contribution in [2.75, 3.05) is 11.9 Å². The second kappa shape index (κ2) is 6.16. The summed E-state index contributed by atoms with van der Waals surface area (Å²) in [5, 5.41) is 8.36. The molecular weight excluding hydrogens is 324 g/mol. The molecule has 2 heterocycles. The van der Waals surface area contributed by atoms with Crippen molar-refractivity contribution in [2.24, 2.45) is 0 Å². The van der Waals surface area contributed by atoms with Crippen LogP contribution in [-0.2, 0) is 4.74 Å². The van der Waals surface area contributed by atoms with E-state index in [-0.39, 0.29) is 17.6 Å². The number of nitrogens with one attached hydrogen (secondary N) is 1. The van der Waals surface area contributed by atoms with Crippen LogP contribution in [0.4, 0.5) is 5.13 Å². The predicted molar refractivity (Wildman–Crippen MR) is 83.4 cm³/mol. The van der Waals surface area contributed by atoms with Crippen LogP contribution in [0, 0.1) is 0 Å². The molecular formula is C13H10N4O3S2. The monoisotopic (exact) mass is 334 g/mol. The fourth-order valence-electron chi connectivity index (χ4n) is 1.74. The van der Waals surface area contributed by atoms with Gasteiger partial charge in [-0.15, -0.1) is 5.10 Å². The van der Waals surface area contributed by atoms with Gasteiger partial charge in [-0.05, 0) is 36.7 Å². The summed E-state index contributed by atoms with van der Waals surface area (Å²) in [6, 6.07) is 5.07. The summed E-state index contributed by atoms with van der Waals surface area (Å²) in [6.07, 6.45) is 0. The van der Waals surface area contributed by atoms with E-state index in [9.17, 15) is 9.59 Å². The van der Waals surface area contributed by atoms with Crippen molar-refractivity contribution in [1.29, 1.82) is 0 Å². The van der Waals surface area contributed by atoms with E-state index < -0.39 is 0 Å². The van der Waals surface area contributed by atoms with Gasteiger partial charge in [0, 0.05) is 5.38 Å². The van der Waals surface area contributed by atoms with E-state index in [0.717, 1.165) is 16.2 Å². The number of hydrogen-bond acceptors (Lipinski definition) is 8. The van der Waals surface area contributed by atoms with Crippen molar-refractivity contribution in [1.82, 2.24) is 14.6 Å². The lowest BCUT2D eigenvalue weighted by molar-refractivity contribution is 0.0526. The molecule has 0 aliphatic rings. The van der Waals surface area contributed by atoms with E-state index >= 15 is 0 Å². The summed E-state index contributed by atoms with van der Waals surface area (Å²) in [7, 11) is 0. The third kappa shape index (κ3) is 2.95. The molecule has 1 amide bonds. The summed E-state index contributed by atoms with van der Waals surface area (Å²) in [5.41, 5.74) is 1.40. The molecule has 0 aliphatic heterocycles. The lowest BCUT2D eigenvalue weighted by atomic mass is 10.2. The molecule has 0 saturated heterocycles. The van der Waals surface area contributed by atoms with E-state index in [1.165, 1.54) is 11.3 Å². The van der Waals surface area contributed by atoms with E-state index in [0.29, 0.717) is 22.8 Å². The summed E-state index contributed by atoms with van der Waals surface area (Å²) < 4.78 is 9.39. The number of rotatable bonds is 4. The van der Waals surface area contributed by atoms with Crippen molar-refractivity contribution < 1.29 is 14.3 Å². The zero-order valence-electron chi connectivity index (χ0n) is 11.4. The Morgan fingerprint density at radius 3 is 2.95 bits per heavy atom. The van der Waals surface area contributed by atoms with Gasteiger partial charge in [0.2, 0.25) is 0 Å². The quantitative estimate of drug-likeness (QED) is 0.737. The highest BCUT2D eigenvalue weighted by Gasteiger charge is 2.14. The summed E-state index contributed by atoms with van der Waals surface area (Å²) >= 11 is 2.38. The third-order valence-corrected chi connectivity index (χ3v) is 4.15. The molecule has 2 aromatic heterocycles. The normalized spacial score (nSPS) is 10.6. The average molecular weight is 334 g/mol. The molecule has 0 aliphatic carbocycles. The van der Waals surface area contributed by atoms with Crippen LogP contribution in [-0.4, -0.2) is 33.1 Å². The van der Waals surface area contributed by atoms with E-state index in [1.54, 1.807) is 30.5 Å². The van der Waals surface area contributed by atoms with Crippen molar-refractivity contribution in [2.45, 2.75) is 6.92 Å². The minimum Gasteiger partial charge on any atom is -0.462 e. The molecule has 1 N–H and O–H groups in total. The second-order valence-corrected chi connectivity index (χ2v) is 5.81. The van der Waals surface area contributed by atoms with Gasteiger partial charge in [0.05, 0.1) is 22.4 Å². The number of anilines is 1. The van der Waals surface area contributed by atoms with Gasteiger partial charge in [0.15, 0.2) is 10.8 Å². The molecule has 0 bridgehead atoms. The number of fused-ring (bicyclic) bond motifs is 1. The fourth-order valence-corrected chi connectivity index (χ4v) is 3.08. The Bertz CT molecular complexity index is 829. The van der Waals surface area contributed by atoms with Crippen molar-refractivity contribution in [3.63, 3.8) is 0 Å². The smallest absolute Gasteiger partial charge is 0.338 e. The van der Waals surface area contributed by atoms with Crippen LogP contribution in [0.25, 0.3) is 10.2 Å². The first-order valence-electron chi connectivity index (χ1n) is 6.33. The van der Waals surface area contributed by atoms with Gasteiger partial charge >= 0.3 is 5.97 Å². The van der Waals surface area contributed by atoms with Crippen LogP contribution in [0.1, 0.15) is 27.8 Å². The summed E-state index contributed by atoms with van der Waals surface area (Å²) in [6.45, 7) is 2.08. The average Bonchev–Trinajstić information content (AvgIpc) is 3.15. The molecule has 0 saturated carbocycles. The first kappa shape index (κ1) is 14.5. The minimum atomic E-state index is -0.378.